The number of hydrogen-bond acceptors (Lipinski definition) is 4. The van der Waals surface area contributed by atoms with Crippen molar-refractivity contribution in [1.29, 1.82) is 0 Å². The molecule has 0 saturated carbocycles. The molecule has 6 nitrogen and oxygen atoms in total. The van der Waals surface area contributed by atoms with Gasteiger partial charge in [-0.15, -0.1) is 0 Å². The normalized spacial score (nSPS) is 11.6. The molecule has 0 fully saturated rings. The predicted molar refractivity (Wildman–Crippen MR) is 99.1 cm³/mol. The molecule has 1 amide bonds. The van der Waals surface area contributed by atoms with E-state index in [0.29, 0.717) is 24.3 Å². The quantitative estimate of drug-likeness (QED) is 0.521. The van der Waals surface area contributed by atoms with Crippen LogP contribution >= 0.6 is 0 Å². The van der Waals surface area contributed by atoms with Gasteiger partial charge in [-0.25, -0.2) is 0 Å². The van der Waals surface area contributed by atoms with Gasteiger partial charge < -0.3 is 9.64 Å². The van der Waals surface area contributed by atoms with Gasteiger partial charge in [0.25, 0.3) is 11.6 Å². The van der Waals surface area contributed by atoms with Gasteiger partial charge in [0.1, 0.15) is 0 Å². The first kappa shape index (κ1) is 21.1. The van der Waals surface area contributed by atoms with E-state index in [1.54, 1.807) is 24.1 Å². The van der Waals surface area contributed by atoms with Crippen LogP contribution in [0.2, 0.25) is 0 Å². The van der Waals surface area contributed by atoms with Crippen molar-refractivity contribution in [2.75, 3.05) is 20.3 Å². The first-order valence-electron chi connectivity index (χ1n) is 8.76. The Bertz CT molecular complexity index is 604. The van der Waals surface area contributed by atoms with Gasteiger partial charge in [0.05, 0.1) is 11.5 Å². The van der Waals surface area contributed by atoms with E-state index in [1.807, 2.05) is 34.6 Å². The number of methoxy groups -OCH3 is 1. The van der Waals surface area contributed by atoms with Crippen LogP contribution in [-0.2, 0) is 10.2 Å². The Balaban J connectivity index is 3.29. The van der Waals surface area contributed by atoms with Gasteiger partial charge in [-0.1, -0.05) is 40.7 Å². The second kappa shape index (κ2) is 8.94. The maximum absolute atomic E-state index is 13.0. The standard InChI is InChI=1S/C19H30N2O4/c1-7-15(8-2)20(11-12-25-6)18(22)14-9-10-16(19(3,4)5)17(13-14)21(23)24/h9-10,13,15H,7-8,11-12H2,1-6H3. The lowest BCUT2D eigenvalue weighted by atomic mass is 9.85. The van der Waals surface area contributed by atoms with Crippen molar-refractivity contribution in [3.8, 4) is 0 Å². The number of nitro groups is 1. The molecule has 25 heavy (non-hydrogen) atoms. The highest BCUT2D eigenvalue weighted by Gasteiger charge is 2.28. The second-order valence-electron chi connectivity index (χ2n) is 7.20. The SMILES string of the molecule is CCC(CC)N(CCOC)C(=O)c1ccc(C(C)(C)C)c([N+](=O)[O-])c1. The Labute approximate surface area is 150 Å². The van der Waals surface area contributed by atoms with E-state index in [0.717, 1.165) is 12.8 Å². The fourth-order valence-corrected chi connectivity index (χ4v) is 2.98. The lowest BCUT2D eigenvalue weighted by Crippen LogP contribution is -2.41. The molecule has 6 heteroatoms. The molecule has 0 N–H and O–H groups in total. The zero-order chi connectivity index (χ0) is 19.2. The Hall–Kier alpha value is -1.95. The van der Waals surface area contributed by atoms with Gasteiger partial charge in [0.15, 0.2) is 0 Å². The van der Waals surface area contributed by atoms with E-state index in [2.05, 4.69) is 0 Å². The summed E-state index contributed by atoms with van der Waals surface area (Å²) in [5.41, 5.74) is 0.604. The first-order chi connectivity index (χ1) is 11.7. The van der Waals surface area contributed by atoms with Crippen LogP contribution < -0.4 is 0 Å². The summed E-state index contributed by atoms with van der Waals surface area (Å²) >= 11 is 0. The van der Waals surface area contributed by atoms with E-state index in [9.17, 15) is 14.9 Å². The van der Waals surface area contributed by atoms with Crippen LogP contribution in [0, 0.1) is 10.1 Å². The van der Waals surface area contributed by atoms with Crippen molar-refractivity contribution in [2.24, 2.45) is 0 Å². The molecule has 0 aliphatic carbocycles. The molecule has 1 aromatic rings. The average molecular weight is 350 g/mol. The molecular weight excluding hydrogens is 320 g/mol. The molecule has 0 bridgehead atoms. The van der Waals surface area contributed by atoms with Crippen LogP contribution in [0.4, 0.5) is 5.69 Å². The number of amides is 1. The number of benzene rings is 1. The average Bonchev–Trinajstić information content (AvgIpc) is 2.56. The van der Waals surface area contributed by atoms with Gasteiger partial charge in [0, 0.05) is 36.9 Å². The molecule has 0 aromatic heterocycles. The van der Waals surface area contributed by atoms with Crippen LogP contribution in [0.15, 0.2) is 18.2 Å². The number of ether oxygens (including phenoxy) is 1. The molecule has 1 aromatic carbocycles. The van der Waals surface area contributed by atoms with Gasteiger partial charge >= 0.3 is 0 Å². The van der Waals surface area contributed by atoms with Gasteiger partial charge in [-0.3, -0.25) is 14.9 Å². The lowest BCUT2D eigenvalue weighted by Gasteiger charge is -2.30. The minimum atomic E-state index is -0.409. The third-order valence-electron chi connectivity index (χ3n) is 4.43. The summed E-state index contributed by atoms with van der Waals surface area (Å²) in [7, 11) is 1.60. The lowest BCUT2D eigenvalue weighted by molar-refractivity contribution is -0.386. The molecule has 0 heterocycles. The minimum Gasteiger partial charge on any atom is -0.383 e. The number of hydrogen-bond donors (Lipinski definition) is 0. The Morgan fingerprint density at radius 2 is 1.88 bits per heavy atom. The maximum Gasteiger partial charge on any atom is 0.273 e. The molecule has 0 saturated heterocycles. The summed E-state index contributed by atoms with van der Waals surface area (Å²) in [5.74, 6) is -0.186. The molecule has 140 valence electrons. The number of nitrogens with zero attached hydrogens (tertiary/aromatic N) is 2. The van der Waals surface area contributed by atoms with E-state index < -0.39 is 4.92 Å². The third-order valence-corrected chi connectivity index (χ3v) is 4.43. The largest absolute Gasteiger partial charge is 0.383 e. The summed E-state index contributed by atoms with van der Waals surface area (Å²) in [6.07, 6.45) is 1.66. The van der Waals surface area contributed by atoms with Gasteiger partial charge in [-0.2, -0.15) is 0 Å². The smallest absolute Gasteiger partial charge is 0.273 e. The topological polar surface area (TPSA) is 72.7 Å². The minimum absolute atomic E-state index is 0.00501. The Morgan fingerprint density at radius 1 is 1.28 bits per heavy atom. The molecule has 0 atom stereocenters. The summed E-state index contributed by atoms with van der Waals surface area (Å²) in [5, 5.41) is 11.5. The zero-order valence-corrected chi connectivity index (χ0v) is 16.2. The number of rotatable bonds is 8. The van der Waals surface area contributed by atoms with E-state index in [-0.39, 0.29) is 23.1 Å². The van der Waals surface area contributed by atoms with E-state index in [4.69, 9.17) is 4.74 Å². The van der Waals surface area contributed by atoms with Crippen LogP contribution in [0.1, 0.15) is 63.4 Å². The monoisotopic (exact) mass is 350 g/mol. The summed E-state index contributed by atoms with van der Waals surface area (Å²) in [6, 6.07) is 4.89. The predicted octanol–water partition coefficient (Wildman–Crippen LogP) is 4.17. The van der Waals surface area contributed by atoms with Gasteiger partial charge in [-0.05, 0) is 24.3 Å². The van der Waals surface area contributed by atoms with Crippen molar-refractivity contribution in [2.45, 2.75) is 58.9 Å². The van der Waals surface area contributed by atoms with Gasteiger partial charge in [0.2, 0.25) is 0 Å². The first-order valence-corrected chi connectivity index (χ1v) is 8.76. The van der Waals surface area contributed by atoms with Crippen LogP contribution in [0.25, 0.3) is 0 Å². The van der Waals surface area contributed by atoms with Crippen LogP contribution in [-0.4, -0.2) is 42.0 Å². The molecular formula is C19H30N2O4. The highest BCUT2D eigenvalue weighted by atomic mass is 16.6. The van der Waals surface area contributed by atoms with Crippen molar-refractivity contribution < 1.29 is 14.5 Å². The molecule has 1 rings (SSSR count). The highest BCUT2D eigenvalue weighted by molar-refractivity contribution is 5.95. The molecule has 0 unspecified atom stereocenters. The van der Waals surface area contributed by atoms with E-state index >= 15 is 0 Å². The highest BCUT2D eigenvalue weighted by Crippen LogP contribution is 2.32. The maximum atomic E-state index is 13.0. The zero-order valence-electron chi connectivity index (χ0n) is 16.2. The third kappa shape index (κ3) is 5.26. The number of nitro benzene ring substituents is 1. The van der Waals surface area contributed by atoms with Crippen molar-refractivity contribution in [3.63, 3.8) is 0 Å². The summed E-state index contributed by atoms with van der Waals surface area (Å²) in [6.45, 7) is 10.7. The molecule has 0 radical (unpaired) electrons. The van der Waals surface area contributed by atoms with Crippen LogP contribution in [0.5, 0.6) is 0 Å². The fraction of sp³-hybridized carbons (Fsp3) is 0.632. The van der Waals surface area contributed by atoms with Crippen molar-refractivity contribution in [3.05, 3.63) is 39.4 Å². The van der Waals surface area contributed by atoms with E-state index in [1.165, 1.54) is 6.07 Å². The number of carbonyl (C=O) groups excluding carboxylic acids is 1. The summed E-state index contributed by atoms with van der Waals surface area (Å²) < 4.78 is 5.12. The Morgan fingerprint density at radius 3 is 2.32 bits per heavy atom. The molecule has 0 aliphatic heterocycles. The molecule has 0 aliphatic rings. The fourth-order valence-electron chi connectivity index (χ4n) is 2.98. The second-order valence-corrected chi connectivity index (χ2v) is 7.20. The molecule has 0 spiro atoms. The Kier molecular flexibility index (Phi) is 7.55. The van der Waals surface area contributed by atoms with Crippen molar-refractivity contribution in [1.82, 2.24) is 4.90 Å². The van der Waals surface area contributed by atoms with Crippen LogP contribution in [0.3, 0.4) is 0 Å². The van der Waals surface area contributed by atoms with Crippen molar-refractivity contribution >= 4 is 11.6 Å². The summed E-state index contributed by atoms with van der Waals surface area (Å²) in [4.78, 5) is 25.8. The number of carbonyl (C=O) groups is 1.